The van der Waals surface area contributed by atoms with E-state index >= 15 is 0 Å². The molecule has 1 N–H and O–H groups in total. The molecule has 0 saturated carbocycles. The molecule has 0 aliphatic carbocycles. The van der Waals surface area contributed by atoms with Crippen LogP contribution >= 0.6 is 0 Å². The first-order valence-corrected chi connectivity index (χ1v) is 6.16. The zero-order chi connectivity index (χ0) is 15.2. The van der Waals surface area contributed by atoms with Gasteiger partial charge in [-0.05, 0) is 20.8 Å². The lowest BCUT2D eigenvalue weighted by molar-refractivity contribution is -0.167. The van der Waals surface area contributed by atoms with Crippen LogP contribution in [-0.4, -0.2) is 35.2 Å². The Morgan fingerprint density at radius 2 is 1.53 bits per heavy atom. The van der Waals surface area contributed by atoms with Crippen molar-refractivity contribution in [1.82, 2.24) is 0 Å². The number of aliphatic carboxylic acids is 1. The van der Waals surface area contributed by atoms with Gasteiger partial charge in [0.1, 0.15) is 12.2 Å². The van der Waals surface area contributed by atoms with Gasteiger partial charge in [-0.15, -0.1) is 0 Å². The van der Waals surface area contributed by atoms with Crippen molar-refractivity contribution in [2.45, 2.75) is 46.6 Å². The molecule has 0 aromatic carbocycles. The van der Waals surface area contributed by atoms with Crippen LogP contribution in [-0.2, 0) is 23.9 Å². The number of rotatable bonds is 6. The van der Waals surface area contributed by atoms with Crippen molar-refractivity contribution < 1.29 is 29.0 Å². The minimum atomic E-state index is -1.04. The second-order valence-corrected chi connectivity index (χ2v) is 5.42. The first-order valence-electron chi connectivity index (χ1n) is 6.16. The zero-order valence-corrected chi connectivity index (χ0v) is 12.1. The van der Waals surface area contributed by atoms with Gasteiger partial charge in [-0.1, -0.05) is 13.8 Å². The molecule has 0 bridgehead atoms. The van der Waals surface area contributed by atoms with E-state index in [0.29, 0.717) is 0 Å². The average Bonchev–Trinajstić information content (AvgIpc) is 2.23. The number of carboxylic acid groups (broad SMARTS) is 1. The van der Waals surface area contributed by atoms with Crippen molar-refractivity contribution in [3.63, 3.8) is 0 Å². The highest BCUT2D eigenvalue weighted by Gasteiger charge is 2.31. The van der Waals surface area contributed by atoms with Gasteiger partial charge in [-0.2, -0.15) is 0 Å². The predicted octanol–water partition coefficient (Wildman–Crippen LogP) is 1.62. The van der Waals surface area contributed by atoms with Crippen LogP contribution in [0.25, 0.3) is 0 Å². The number of carbonyl (C=O) groups is 3. The molecule has 0 aliphatic heterocycles. The molecule has 2 atom stereocenters. The van der Waals surface area contributed by atoms with Crippen LogP contribution in [0.15, 0.2) is 0 Å². The molecule has 110 valence electrons. The van der Waals surface area contributed by atoms with Crippen molar-refractivity contribution >= 4 is 17.9 Å². The van der Waals surface area contributed by atoms with Gasteiger partial charge < -0.3 is 14.6 Å². The largest absolute Gasteiger partial charge is 0.481 e. The zero-order valence-electron chi connectivity index (χ0n) is 12.1. The van der Waals surface area contributed by atoms with Crippen LogP contribution in [0.5, 0.6) is 0 Å². The molecule has 2 unspecified atom stereocenters. The lowest BCUT2D eigenvalue weighted by Crippen LogP contribution is -2.33. The summed E-state index contributed by atoms with van der Waals surface area (Å²) in [7, 11) is 0. The first-order chi connectivity index (χ1) is 8.54. The molecule has 0 rings (SSSR count). The van der Waals surface area contributed by atoms with Crippen LogP contribution in [0.3, 0.4) is 0 Å². The van der Waals surface area contributed by atoms with Gasteiger partial charge in [0.25, 0.3) is 0 Å². The Balaban J connectivity index is 4.31. The number of hydrogen-bond donors (Lipinski definition) is 1. The fourth-order valence-electron chi connectivity index (χ4n) is 1.17. The normalized spacial score (nSPS) is 14.4. The maximum atomic E-state index is 11.8. The van der Waals surface area contributed by atoms with Crippen molar-refractivity contribution in [2.24, 2.45) is 11.8 Å². The van der Waals surface area contributed by atoms with Gasteiger partial charge in [0, 0.05) is 0 Å². The highest BCUT2D eigenvalue weighted by atomic mass is 16.6. The summed E-state index contributed by atoms with van der Waals surface area (Å²) in [6.45, 7) is 8.17. The fraction of sp³-hybridized carbons (Fsp3) is 0.769. The van der Waals surface area contributed by atoms with E-state index in [-0.39, 0.29) is 13.0 Å². The Labute approximate surface area is 113 Å². The molecular formula is C13H22O6. The highest BCUT2D eigenvalue weighted by Crippen LogP contribution is 2.18. The van der Waals surface area contributed by atoms with Crippen LogP contribution in [0.4, 0.5) is 0 Å². The van der Waals surface area contributed by atoms with Gasteiger partial charge in [-0.25, -0.2) is 0 Å². The third kappa shape index (κ3) is 7.43. The first kappa shape index (κ1) is 17.4. The molecule has 6 heteroatoms. The summed E-state index contributed by atoms with van der Waals surface area (Å²) in [6, 6.07) is 0. The molecule has 0 amide bonds. The summed E-state index contributed by atoms with van der Waals surface area (Å²) < 4.78 is 9.96. The molecule has 0 spiro atoms. The predicted molar refractivity (Wildman–Crippen MR) is 67.4 cm³/mol. The topological polar surface area (TPSA) is 89.9 Å². The number of carbonyl (C=O) groups excluding carboxylic acids is 2. The van der Waals surface area contributed by atoms with Gasteiger partial charge in [0.05, 0.1) is 18.3 Å². The van der Waals surface area contributed by atoms with E-state index in [2.05, 4.69) is 0 Å². The Morgan fingerprint density at radius 3 is 1.95 bits per heavy atom. The number of hydrogen-bond acceptors (Lipinski definition) is 5. The summed E-state index contributed by atoms with van der Waals surface area (Å²) in [4.78, 5) is 33.7. The molecule has 0 radical (unpaired) electrons. The molecular weight excluding hydrogens is 252 g/mol. The van der Waals surface area contributed by atoms with Crippen LogP contribution in [0.2, 0.25) is 0 Å². The molecule has 6 nitrogen and oxygen atoms in total. The Hall–Kier alpha value is -1.59. The Morgan fingerprint density at radius 1 is 1.05 bits per heavy atom. The third-order valence-electron chi connectivity index (χ3n) is 2.46. The summed E-state index contributed by atoms with van der Waals surface area (Å²) in [5.74, 6) is -3.43. The van der Waals surface area contributed by atoms with E-state index in [1.165, 1.54) is 0 Å². The van der Waals surface area contributed by atoms with E-state index in [1.54, 1.807) is 34.6 Å². The molecule has 0 aromatic heterocycles. The van der Waals surface area contributed by atoms with Gasteiger partial charge in [0.15, 0.2) is 0 Å². The second kappa shape index (κ2) is 7.11. The van der Waals surface area contributed by atoms with E-state index in [4.69, 9.17) is 14.6 Å². The van der Waals surface area contributed by atoms with Gasteiger partial charge >= 0.3 is 17.9 Å². The standard InChI is InChI=1S/C13H22O6/c1-8(11(16)18-7-6-10(14)15)9(2)12(17)19-13(3,4)5/h8-9H,6-7H2,1-5H3,(H,14,15). The van der Waals surface area contributed by atoms with Crippen LogP contribution < -0.4 is 0 Å². The molecule has 0 aliphatic rings. The molecule has 0 fully saturated rings. The summed E-state index contributed by atoms with van der Waals surface area (Å²) in [5, 5.41) is 8.42. The van der Waals surface area contributed by atoms with Crippen molar-refractivity contribution in [2.75, 3.05) is 6.61 Å². The highest BCUT2D eigenvalue weighted by molar-refractivity contribution is 5.81. The number of carboxylic acids is 1. The van der Waals surface area contributed by atoms with Crippen LogP contribution in [0, 0.1) is 11.8 Å². The molecule has 0 saturated heterocycles. The number of esters is 2. The van der Waals surface area contributed by atoms with Crippen molar-refractivity contribution in [1.29, 1.82) is 0 Å². The van der Waals surface area contributed by atoms with Gasteiger partial charge in [-0.3, -0.25) is 14.4 Å². The molecule has 0 aromatic rings. The Kier molecular flexibility index (Phi) is 6.52. The maximum absolute atomic E-state index is 11.8. The van der Waals surface area contributed by atoms with E-state index in [9.17, 15) is 14.4 Å². The van der Waals surface area contributed by atoms with E-state index in [0.717, 1.165) is 0 Å². The van der Waals surface area contributed by atoms with Crippen molar-refractivity contribution in [3.05, 3.63) is 0 Å². The van der Waals surface area contributed by atoms with E-state index < -0.39 is 35.3 Å². The quantitative estimate of drug-likeness (QED) is 0.740. The van der Waals surface area contributed by atoms with Crippen molar-refractivity contribution in [3.8, 4) is 0 Å². The lowest BCUT2D eigenvalue weighted by Gasteiger charge is -2.24. The van der Waals surface area contributed by atoms with Gasteiger partial charge in [0.2, 0.25) is 0 Å². The van der Waals surface area contributed by atoms with E-state index in [1.807, 2.05) is 0 Å². The third-order valence-corrected chi connectivity index (χ3v) is 2.46. The summed E-state index contributed by atoms with van der Waals surface area (Å²) >= 11 is 0. The lowest BCUT2D eigenvalue weighted by atomic mass is 9.96. The summed E-state index contributed by atoms with van der Waals surface area (Å²) in [5.41, 5.74) is -0.613. The molecule has 19 heavy (non-hydrogen) atoms. The number of ether oxygens (including phenoxy) is 2. The summed E-state index contributed by atoms with van der Waals surface area (Å²) in [6.07, 6.45) is -0.251. The maximum Gasteiger partial charge on any atom is 0.310 e. The monoisotopic (exact) mass is 274 g/mol. The SMILES string of the molecule is CC(C(=O)OCCC(=O)O)C(C)C(=O)OC(C)(C)C. The van der Waals surface area contributed by atoms with Crippen LogP contribution in [0.1, 0.15) is 41.0 Å². The Bertz CT molecular complexity index is 342. The smallest absolute Gasteiger partial charge is 0.310 e. The minimum absolute atomic E-state index is 0.195. The minimum Gasteiger partial charge on any atom is -0.481 e. The average molecular weight is 274 g/mol. The fourth-order valence-corrected chi connectivity index (χ4v) is 1.17. The molecule has 0 heterocycles. The second-order valence-electron chi connectivity index (χ2n) is 5.42.